The van der Waals surface area contributed by atoms with Crippen LogP contribution < -0.4 is 4.90 Å². The smallest absolute Gasteiger partial charge is 0.231 e. The molecule has 1 aromatic carbocycles. The monoisotopic (exact) mass is 353 g/mol. The van der Waals surface area contributed by atoms with Gasteiger partial charge >= 0.3 is 0 Å². The van der Waals surface area contributed by atoms with Crippen molar-refractivity contribution in [1.82, 2.24) is 10.1 Å². The zero-order valence-corrected chi connectivity index (χ0v) is 14.8. The molecule has 1 unspecified atom stereocenters. The summed E-state index contributed by atoms with van der Waals surface area (Å²) in [6.45, 7) is 2.71. The molecule has 6 heteroatoms. The number of amides is 1. The molecule has 0 spiro atoms. The largest absolute Gasteiger partial charge is 0.339 e. The summed E-state index contributed by atoms with van der Waals surface area (Å²) in [5.74, 6) is 1.35. The molecule has 1 atom stereocenters. The molecule has 3 heterocycles. The molecule has 2 aromatic heterocycles. The molecule has 25 heavy (non-hydrogen) atoms. The molecule has 0 radical (unpaired) electrons. The van der Waals surface area contributed by atoms with Crippen molar-refractivity contribution in [1.29, 1.82) is 0 Å². The second kappa shape index (κ2) is 6.80. The summed E-state index contributed by atoms with van der Waals surface area (Å²) >= 11 is 1.67. The molecule has 1 amide bonds. The fourth-order valence-electron chi connectivity index (χ4n) is 3.25. The minimum atomic E-state index is -0.0155. The molecule has 1 aliphatic rings. The fourth-order valence-corrected chi connectivity index (χ4v) is 3.95. The Morgan fingerprint density at radius 1 is 1.28 bits per heavy atom. The molecule has 4 rings (SSSR count). The number of nitrogens with zero attached hydrogens (tertiary/aromatic N) is 3. The number of aromatic nitrogens is 2. The third-order valence-corrected chi connectivity index (χ3v) is 5.42. The van der Waals surface area contributed by atoms with Gasteiger partial charge in [0.1, 0.15) is 0 Å². The Balaban J connectivity index is 1.51. The van der Waals surface area contributed by atoms with E-state index in [9.17, 15) is 4.79 Å². The minimum absolute atomic E-state index is 0.0155. The Morgan fingerprint density at radius 3 is 2.96 bits per heavy atom. The molecule has 0 aliphatic carbocycles. The topological polar surface area (TPSA) is 59.2 Å². The molecule has 1 saturated heterocycles. The Hall–Kier alpha value is -2.47. The molecule has 0 saturated carbocycles. The first-order valence-corrected chi connectivity index (χ1v) is 9.35. The summed E-state index contributed by atoms with van der Waals surface area (Å²) < 4.78 is 5.39. The lowest BCUT2D eigenvalue weighted by atomic mass is 10.1. The molecular weight excluding hydrogens is 334 g/mol. The third kappa shape index (κ3) is 3.22. The molecule has 5 nitrogen and oxygen atoms in total. The summed E-state index contributed by atoms with van der Waals surface area (Å²) in [4.78, 5) is 20.1. The van der Waals surface area contributed by atoms with Crippen LogP contribution in [0.1, 0.15) is 41.4 Å². The van der Waals surface area contributed by atoms with Gasteiger partial charge in [0.05, 0.1) is 6.42 Å². The van der Waals surface area contributed by atoms with E-state index in [4.69, 9.17) is 4.52 Å². The Morgan fingerprint density at radius 2 is 2.16 bits per heavy atom. The van der Waals surface area contributed by atoms with Crippen molar-refractivity contribution in [2.24, 2.45) is 0 Å². The van der Waals surface area contributed by atoms with Crippen molar-refractivity contribution in [3.8, 4) is 0 Å². The molecule has 1 aliphatic heterocycles. The number of rotatable bonds is 5. The summed E-state index contributed by atoms with van der Waals surface area (Å²) in [6.07, 6.45) is 1.97. The highest BCUT2D eigenvalue weighted by Gasteiger charge is 2.35. The summed E-state index contributed by atoms with van der Waals surface area (Å²) in [7, 11) is 0. The lowest BCUT2D eigenvalue weighted by Gasteiger charge is -2.19. The Labute approximate surface area is 150 Å². The van der Waals surface area contributed by atoms with E-state index >= 15 is 0 Å². The molecule has 1 fully saturated rings. The van der Waals surface area contributed by atoms with Crippen molar-refractivity contribution in [2.45, 2.75) is 32.1 Å². The van der Waals surface area contributed by atoms with Crippen molar-refractivity contribution in [3.63, 3.8) is 0 Å². The highest BCUT2D eigenvalue weighted by Crippen LogP contribution is 2.32. The van der Waals surface area contributed by atoms with Crippen LogP contribution in [0.3, 0.4) is 0 Å². The van der Waals surface area contributed by atoms with Gasteiger partial charge < -0.3 is 9.42 Å². The van der Waals surface area contributed by atoms with Gasteiger partial charge in [-0.05, 0) is 29.5 Å². The first kappa shape index (κ1) is 16.0. The van der Waals surface area contributed by atoms with E-state index in [-0.39, 0.29) is 11.8 Å². The SMILES string of the molecule is CCc1ccccc1N1CC(c2noc(Cc3cccs3)n2)CC1=O. The van der Waals surface area contributed by atoms with Gasteiger partial charge in [0.2, 0.25) is 11.8 Å². The van der Waals surface area contributed by atoms with Crippen molar-refractivity contribution in [3.05, 3.63) is 63.9 Å². The van der Waals surface area contributed by atoms with Crippen LogP contribution in [-0.4, -0.2) is 22.6 Å². The van der Waals surface area contributed by atoms with Gasteiger partial charge in [-0.1, -0.05) is 36.3 Å². The van der Waals surface area contributed by atoms with Gasteiger partial charge in [-0.3, -0.25) is 4.79 Å². The van der Waals surface area contributed by atoms with Crippen LogP contribution in [0.2, 0.25) is 0 Å². The normalized spacial score (nSPS) is 17.4. The number of para-hydroxylation sites is 1. The number of carbonyl (C=O) groups excluding carboxylic acids is 1. The van der Waals surface area contributed by atoms with Gasteiger partial charge in [-0.25, -0.2) is 0 Å². The van der Waals surface area contributed by atoms with Crippen LogP contribution in [0.25, 0.3) is 0 Å². The molecule has 0 N–H and O–H groups in total. The van der Waals surface area contributed by atoms with Gasteiger partial charge in [0.15, 0.2) is 5.82 Å². The zero-order valence-electron chi connectivity index (χ0n) is 14.0. The quantitative estimate of drug-likeness (QED) is 0.700. The van der Waals surface area contributed by atoms with E-state index in [1.807, 2.05) is 34.5 Å². The van der Waals surface area contributed by atoms with E-state index in [1.54, 1.807) is 11.3 Å². The fraction of sp³-hybridized carbons (Fsp3) is 0.316. The number of hydrogen-bond acceptors (Lipinski definition) is 5. The van der Waals surface area contributed by atoms with Gasteiger partial charge in [-0.15, -0.1) is 11.3 Å². The van der Waals surface area contributed by atoms with Gasteiger partial charge in [0, 0.05) is 29.4 Å². The maximum atomic E-state index is 12.5. The van der Waals surface area contributed by atoms with Gasteiger partial charge in [-0.2, -0.15) is 4.98 Å². The summed E-state index contributed by atoms with van der Waals surface area (Å²) in [5.41, 5.74) is 2.18. The van der Waals surface area contributed by atoms with Crippen LogP contribution in [0.4, 0.5) is 5.69 Å². The van der Waals surface area contributed by atoms with Crippen LogP contribution in [0.15, 0.2) is 46.3 Å². The summed E-state index contributed by atoms with van der Waals surface area (Å²) in [6, 6.07) is 12.1. The number of anilines is 1. The lowest BCUT2D eigenvalue weighted by molar-refractivity contribution is -0.117. The van der Waals surface area contributed by atoms with Crippen LogP contribution in [0.5, 0.6) is 0 Å². The maximum Gasteiger partial charge on any atom is 0.231 e. The first-order chi connectivity index (χ1) is 12.2. The average Bonchev–Trinajstić information content (AvgIpc) is 3.36. The highest BCUT2D eigenvalue weighted by atomic mass is 32.1. The lowest BCUT2D eigenvalue weighted by Crippen LogP contribution is -2.25. The zero-order chi connectivity index (χ0) is 17.2. The number of aryl methyl sites for hydroxylation is 1. The Bertz CT molecular complexity index is 872. The standard InChI is InChI=1S/C19H19N3O2S/c1-2-13-6-3-4-8-16(13)22-12-14(10-18(22)23)19-20-17(24-21-19)11-15-7-5-9-25-15/h3-9,14H,2,10-12H2,1H3. The van der Waals surface area contributed by atoms with Crippen LogP contribution in [-0.2, 0) is 17.6 Å². The average molecular weight is 353 g/mol. The van der Waals surface area contributed by atoms with Gasteiger partial charge in [0.25, 0.3) is 0 Å². The molecule has 0 bridgehead atoms. The second-order valence-electron chi connectivity index (χ2n) is 6.19. The predicted octanol–water partition coefficient (Wildman–Crippen LogP) is 3.80. The number of carbonyl (C=O) groups is 1. The second-order valence-corrected chi connectivity index (χ2v) is 7.22. The molecular formula is C19H19N3O2S. The third-order valence-electron chi connectivity index (χ3n) is 4.54. The van der Waals surface area contributed by atoms with E-state index in [1.165, 1.54) is 10.4 Å². The van der Waals surface area contributed by atoms with Crippen LogP contribution in [0, 0.1) is 0 Å². The number of benzene rings is 1. The van der Waals surface area contributed by atoms with Crippen LogP contribution >= 0.6 is 11.3 Å². The minimum Gasteiger partial charge on any atom is -0.339 e. The van der Waals surface area contributed by atoms with Crippen molar-refractivity contribution >= 4 is 22.9 Å². The molecule has 128 valence electrons. The van der Waals surface area contributed by atoms with E-state index in [0.717, 1.165) is 12.1 Å². The number of thiophene rings is 1. The molecule has 3 aromatic rings. The first-order valence-electron chi connectivity index (χ1n) is 8.47. The van der Waals surface area contributed by atoms with E-state index in [0.29, 0.717) is 31.1 Å². The van der Waals surface area contributed by atoms with Crippen molar-refractivity contribution in [2.75, 3.05) is 11.4 Å². The van der Waals surface area contributed by atoms with E-state index < -0.39 is 0 Å². The maximum absolute atomic E-state index is 12.5. The Kier molecular flexibility index (Phi) is 4.36. The van der Waals surface area contributed by atoms with E-state index in [2.05, 4.69) is 29.2 Å². The van der Waals surface area contributed by atoms with Crippen molar-refractivity contribution < 1.29 is 9.32 Å². The summed E-state index contributed by atoms with van der Waals surface area (Å²) in [5, 5.41) is 6.16. The highest BCUT2D eigenvalue weighted by molar-refractivity contribution is 7.09. The predicted molar refractivity (Wildman–Crippen MR) is 97.0 cm³/mol. The number of hydrogen-bond donors (Lipinski definition) is 0.